The van der Waals surface area contributed by atoms with Gasteiger partial charge in [0.25, 0.3) is 0 Å². The lowest BCUT2D eigenvalue weighted by atomic mass is 10.1. The molecule has 0 aromatic heterocycles. The minimum absolute atomic E-state index is 0.0542. The number of unbranched alkanes of at least 4 members (excludes halogenated alkanes) is 20. The van der Waals surface area contributed by atoms with Gasteiger partial charge in [-0.05, 0) is 173 Å². The average Bonchev–Trinajstić information content (AvgIpc) is 0.905. The van der Waals surface area contributed by atoms with E-state index in [2.05, 4.69) is 198 Å². The summed E-state index contributed by atoms with van der Waals surface area (Å²) in [4.78, 5) is 73.1. The first kappa shape index (κ1) is 100. The highest BCUT2D eigenvalue weighted by Crippen LogP contribution is 2.45. The number of hydrogen-bond acceptors (Lipinski definition) is 15. The van der Waals surface area contributed by atoms with Gasteiger partial charge in [-0.3, -0.25) is 37.3 Å². The lowest BCUT2D eigenvalue weighted by molar-refractivity contribution is -0.161. The zero-order valence-electron chi connectivity index (χ0n) is 65.8. The predicted molar refractivity (Wildman–Crippen MR) is 436 cm³/mol. The van der Waals surface area contributed by atoms with Crippen LogP contribution in [0, 0.1) is 0 Å². The van der Waals surface area contributed by atoms with E-state index >= 15 is 0 Å². The minimum Gasteiger partial charge on any atom is -0.462 e. The van der Waals surface area contributed by atoms with Crippen molar-refractivity contribution in [2.75, 3.05) is 39.6 Å². The molecule has 0 spiro atoms. The molecule has 3 N–H and O–H groups in total. The number of carbonyl (C=O) groups excluding carboxylic acids is 4. The molecule has 5 atom stereocenters. The Bertz CT molecular complexity index is 2680. The van der Waals surface area contributed by atoms with Crippen molar-refractivity contribution >= 4 is 39.5 Å². The topological polar surface area (TPSA) is 237 Å². The van der Waals surface area contributed by atoms with E-state index in [1.165, 1.54) is 19.3 Å². The Morgan fingerprint density at radius 2 is 0.491 bits per heavy atom. The molecule has 0 bridgehead atoms. The standard InChI is InChI=1S/C87H142O17P2/c1-5-9-13-17-21-25-29-33-37-40-44-48-52-56-60-64-68-72-85(90)98-78-83(104-87(92)74-70-66-62-58-54-50-46-42-39-35-31-27-23-19-15-11-7-3)80-102-106(95,96)100-76-81(88)75-99-105(93,94)101-79-82(77-97-84(89)71-67-63-59-55-51-47-43-36-32-28-24-20-16-12-8-4)103-86(91)73-69-65-61-57-53-49-45-41-38-34-30-26-22-18-14-10-6-2/h9-11,13-15,21-28,33-39,43-46,48-50,81-83,88H,5-8,12,16-20,29-32,40-42,47,51-80H2,1-4H3,(H,93,94)(H,95,96)/b13-9-,14-10-,15-11-,25-21-,26-22-,27-23-,28-24-,37-33-,38-34-,39-35-,43-36-,48-44-,49-45-,50-46-/t81?,82-,83-/m1/s1. The molecule has 602 valence electrons. The molecule has 0 amide bonds. The first-order chi connectivity index (χ1) is 51.7. The van der Waals surface area contributed by atoms with Crippen LogP contribution < -0.4 is 0 Å². The van der Waals surface area contributed by atoms with Gasteiger partial charge in [-0.15, -0.1) is 0 Å². The molecule has 17 nitrogen and oxygen atoms in total. The number of phosphoric ester groups is 2. The zero-order chi connectivity index (χ0) is 77.4. The number of carbonyl (C=O) groups is 4. The molecule has 0 aliphatic heterocycles. The molecule has 0 aromatic carbocycles. The van der Waals surface area contributed by atoms with Gasteiger partial charge < -0.3 is 33.8 Å². The van der Waals surface area contributed by atoms with Crippen LogP contribution in [0.2, 0.25) is 0 Å². The number of rotatable bonds is 74. The Labute approximate surface area is 642 Å². The molecule has 106 heavy (non-hydrogen) atoms. The predicted octanol–water partition coefficient (Wildman–Crippen LogP) is 23.8. The first-order valence-electron chi connectivity index (χ1n) is 40.4. The molecule has 19 heteroatoms. The summed E-state index contributed by atoms with van der Waals surface area (Å²) < 4.78 is 68.6. The van der Waals surface area contributed by atoms with Crippen molar-refractivity contribution in [2.24, 2.45) is 0 Å². The molecule has 0 heterocycles. The van der Waals surface area contributed by atoms with Crippen LogP contribution in [0.1, 0.15) is 297 Å². The highest BCUT2D eigenvalue weighted by atomic mass is 31.2. The van der Waals surface area contributed by atoms with E-state index in [0.29, 0.717) is 25.7 Å². The number of hydrogen-bond donors (Lipinski definition) is 3. The van der Waals surface area contributed by atoms with Crippen LogP contribution >= 0.6 is 15.6 Å². The number of aliphatic hydroxyl groups excluding tert-OH is 1. The average molecular weight is 1520 g/mol. The number of aliphatic hydroxyl groups is 1. The Hall–Kier alpha value is -5.58. The van der Waals surface area contributed by atoms with Gasteiger partial charge in [-0.1, -0.05) is 268 Å². The molecule has 0 radical (unpaired) electrons. The van der Waals surface area contributed by atoms with Crippen molar-refractivity contribution in [3.8, 4) is 0 Å². The monoisotopic (exact) mass is 1520 g/mol. The van der Waals surface area contributed by atoms with E-state index in [4.69, 9.17) is 37.0 Å². The maximum absolute atomic E-state index is 13.1. The molecular formula is C87H142O17P2. The summed E-state index contributed by atoms with van der Waals surface area (Å²) in [5, 5.41) is 10.7. The fourth-order valence-electron chi connectivity index (χ4n) is 10.1. The highest BCUT2D eigenvalue weighted by molar-refractivity contribution is 7.47. The smallest absolute Gasteiger partial charge is 0.462 e. The summed E-state index contributed by atoms with van der Waals surface area (Å²) >= 11 is 0. The third kappa shape index (κ3) is 76.6. The summed E-state index contributed by atoms with van der Waals surface area (Å²) in [7, 11) is -10.0. The maximum Gasteiger partial charge on any atom is 0.472 e. The third-order valence-corrected chi connectivity index (χ3v) is 18.1. The van der Waals surface area contributed by atoms with Crippen molar-refractivity contribution < 1.29 is 80.2 Å². The number of esters is 4. The summed E-state index contributed by atoms with van der Waals surface area (Å²) in [6.07, 6.45) is 91.8. The summed E-state index contributed by atoms with van der Waals surface area (Å²) in [6, 6.07) is 0. The number of phosphoric acid groups is 2. The fraction of sp³-hybridized carbons (Fsp3) is 0.632. The van der Waals surface area contributed by atoms with Crippen LogP contribution in [-0.2, 0) is 65.4 Å². The molecule has 0 aliphatic rings. The summed E-state index contributed by atoms with van der Waals surface area (Å²) in [5.74, 6) is -2.28. The van der Waals surface area contributed by atoms with Gasteiger partial charge >= 0.3 is 39.5 Å². The Kier molecular flexibility index (Phi) is 73.5. The Morgan fingerprint density at radius 1 is 0.274 bits per heavy atom. The third-order valence-electron chi connectivity index (χ3n) is 16.2. The van der Waals surface area contributed by atoms with Gasteiger partial charge in [0.15, 0.2) is 12.2 Å². The van der Waals surface area contributed by atoms with Gasteiger partial charge in [-0.2, -0.15) is 0 Å². The van der Waals surface area contributed by atoms with Gasteiger partial charge in [0, 0.05) is 25.7 Å². The molecule has 0 rings (SSSR count). The van der Waals surface area contributed by atoms with Crippen molar-refractivity contribution in [2.45, 2.75) is 316 Å². The summed E-state index contributed by atoms with van der Waals surface area (Å²) in [5.41, 5.74) is 0. The van der Waals surface area contributed by atoms with E-state index in [1.54, 1.807) is 0 Å². The van der Waals surface area contributed by atoms with Crippen LogP contribution in [0.5, 0.6) is 0 Å². The maximum atomic E-state index is 13.1. The van der Waals surface area contributed by atoms with Crippen LogP contribution in [0.3, 0.4) is 0 Å². The molecule has 0 saturated carbocycles. The molecule has 0 saturated heterocycles. The van der Waals surface area contributed by atoms with Crippen molar-refractivity contribution in [1.82, 2.24) is 0 Å². The lowest BCUT2D eigenvalue weighted by Gasteiger charge is -2.21. The summed E-state index contributed by atoms with van der Waals surface area (Å²) in [6.45, 7) is 4.40. The van der Waals surface area contributed by atoms with Crippen LogP contribution in [-0.4, -0.2) is 96.7 Å². The van der Waals surface area contributed by atoms with Crippen molar-refractivity contribution in [3.63, 3.8) is 0 Å². The van der Waals surface area contributed by atoms with Gasteiger partial charge in [0.05, 0.1) is 26.4 Å². The largest absolute Gasteiger partial charge is 0.472 e. The Morgan fingerprint density at radius 3 is 0.755 bits per heavy atom. The van der Waals surface area contributed by atoms with Crippen molar-refractivity contribution in [3.05, 3.63) is 170 Å². The quantitative estimate of drug-likeness (QED) is 0.0169. The first-order valence-corrected chi connectivity index (χ1v) is 43.4. The molecule has 0 aromatic rings. The van der Waals surface area contributed by atoms with Crippen LogP contribution in [0.4, 0.5) is 0 Å². The van der Waals surface area contributed by atoms with Crippen LogP contribution in [0.15, 0.2) is 170 Å². The van der Waals surface area contributed by atoms with Crippen molar-refractivity contribution in [1.29, 1.82) is 0 Å². The minimum atomic E-state index is -5.00. The second kappa shape index (κ2) is 77.6. The van der Waals surface area contributed by atoms with E-state index in [9.17, 15) is 43.2 Å². The Balaban J connectivity index is 5.48. The van der Waals surface area contributed by atoms with Gasteiger partial charge in [0.2, 0.25) is 0 Å². The van der Waals surface area contributed by atoms with Gasteiger partial charge in [0.1, 0.15) is 19.3 Å². The SMILES string of the molecule is CC/C=C\C/C=C\C/C=C\C/C=C\CCCCCCC(=O)OC[C@H](COP(=O)(O)OCC(O)COP(=O)(O)OC[C@@H](COC(=O)CCCCCCC/C=C\C/C=C\CCCCC)OC(=O)CCCCCC/C=C\C/C=C\C/C=C\C/C=C\CC)OC(=O)CCCCCC/C=C\C/C=C\C/C=C\C/C=C\CC. The number of allylic oxidation sites excluding steroid dienone is 28. The zero-order valence-corrected chi connectivity index (χ0v) is 67.6. The molecule has 0 aliphatic carbocycles. The number of ether oxygens (including phenoxy) is 4. The molecule has 0 fully saturated rings. The lowest BCUT2D eigenvalue weighted by Crippen LogP contribution is -2.30. The second-order valence-electron chi connectivity index (χ2n) is 26.2. The van der Waals surface area contributed by atoms with E-state index < -0.39 is 97.5 Å². The molecular weight excluding hydrogens is 1380 g/mol. The second-order valence-corrected chi connectivity index (χ2v) is 29.1. The fourth-order valence-corrected chi connectivity index (χ4v) is 11.7. The molecule has 3 unspecified atom stereocenters. The highest BCUT2D eigenvalue weighted by Gasteiger charge is 2.30. The van der Waals surface area contributed by atoms with Gasteiger partial charge in [-0.25, -0.2) is 9.13 Å². The van der Waals surface area contributed by atoms with E-state index in [1.807, 2.05) is 0 Å². The normalized spacial score (nSPS) is 14.7. The van der Waals surface area contributed by atoms with Crippen LogP contribution in [0.25, 0.3) is 0 Å². The van der Waals surface area contributed by atoms with E-state index in [0.717, 1.165) is 199 Å². The van der Waals surface area contributed by atoms with E-state index in [-0.39, 0.29) is 25.7 Å².